The quantitative estimate of drug-likeness (QED) is 0.781. The second-order valence-corrected chi connectivity index (χ2v) is 7.88. The summed E-state index contributed by atoms with van der Waals surface area (Å²) in [5, 5.41) is 8.08. The van der Waals surface area contributed by atoms with Crippen molar-refractivity contribution in [2.45, 2.75) is 18.2 Å². The number of sulfonamides is 1. The van der Waals surface area contributed by atoms with Crippen LogP contribution in [0, 0.1) is 6.92 Å². The summed E-state index contributed by atoms with van der Waals surface area (Å²) in [6.07, 6.45) is -4.82. The lowest BCUT2D eigenvalue weighted by Gasteiger charge is -2.34. The van der Waals surface area contributed by atoms with Gasteiger partial charge in [0, 0.05) is 26.2 Å². The van der Waals surface area contributed by atoms with Gasteiger partial charge in [-0.05, 0) is 43.3 Å². The molecule has 0 aliphatic carbocycles. The van der Waals surface area contributed by atoms with Crippen molar-refractivity contribution in [3.63, 3.8) is 0 Å². The van der Waals surface area contributed by atoms with E-state index in [4.69, 9.17) is 0 Å². The van der Waals surface area contributed by atoms with Crippen LogP contribution in [0.5, 0.6) is 5.75 Å². The maximum atomic E-state index is 12.7. The fourth-order valence-corrected chi connectivity index (χ4v) is 4.10. The van der Waals surface area contributed by atoms with E-state index in [0.29, 0.717) is 18.9 Å². The van der Waals surface area contributed by atoms with Crippen molar-refractivity contribution >= 4 is 15.8 Å². The number of aryl methyl sites for hydroxylation is 1. The molecule has 2 heterocycles. The molecule has 1 aromatic carbocycles. The number of alkyl halides is 3. The van der Waals surface area contributed by atoms with Gasteiger partial charge in [0.1, 0.15) is 5.75 Å². The third-order valence-corrected chi connectivity index (χ3v) is 5.95. The normalized spacial score (nSPS) is 16.4. The predicted molar refractivity (Wildman–Crippen MR) is 90.9 cm³/mol. The summed E-state index contributed by atoms with van der Waals surface area (Å²) >= 11 is 0. The molecule has 11 heteroatoms. The summed E-state index contributed by atoms with van der Waals surface area (Å²) < 4.78 is 67.0. The molecule has 0 radical (unpaired) electrons. The smallest absolute Gasteiger partial charge is 0.406 e. The molecule has 1 fully saturated rings. The van der Waals surface area contributed by atoms with E-state index in [9.17, 15) is 21.6 Å². The van der Waals surface area contributed by atoms with E-state index in [1.165, 1.54) is 4.31 Å². The Morgan fingerprint density at radius 2 is 1.59 bits per heavy atom. The summed E-state index contributed by atoms with van der Waals surface area (Å²) in [6, 6.07) is 7.83. The van der Waals surface area contributed by atoms with Crippen molar-refractivity contribution in [2.75, 3.05) is 31.1 Å². The Labute approximate surface area is 154 Å². The van der Waals surface area contributed by atoms with E-state index in [0.717, 1.165) is 30.0 Å². The average Bonchev–Trinajstić information content (AvgIpc) is 2.62. The SMILES string of the molecule is Cc1ccc(N2CCN(S(=O)(=O)c3ccc(OC(F)(F)F)cc3)CC2)nn1. The highest BCUT2D eigenvalue weighted by atomic mass is 32.2. The number of piperazine rings is 1. The Hall–Kier alpha value is -2.40. The number of hydrogen-bond donors (Lipinski definition) is 0. The zero-order chi connectivity index (χ0) is 19.7. The Kier molecular flexibility index (Phi) is 5.24. The first-order valence-corrected chi connectivity index (χ1v) is 9.50. The summed E-state index contributed by atoms with van der Waals surface area (Å²) in [7, 11) is -3.80. The van der Waals surface area contributed by atoms with Crippen LogP contribution in [0.2, 0.25) is 0 Å². The number of nitrogens with zero attached hydrogens (tertiary/aromatic N) is 4. The van der Waals surface area contributed by atoms with E-state index in [2.05, 4.69) is 14.9 Å². The first-order chi connectivity index (χ1) is 12.6. The molecule has 0 bridgehead atoms. The Balaban J connectivity index is 1.67. The van der Waals surface area contributed by atoms with Crippen LogP contribution in [0.1, 0.15) is 5.69 Å². The van der Waals surface area contributed by atoms with Crippen molar-refractivity contribution in [1.29, 1.82) is 0 Å². The Bertz CT molecular complexity index is 879. The molecule has 0 atom stereocenters. The highest BCUT2D eigenvalue weighted by Gasteiger charge is 2.32. The second kappa shape index (κ2) is 7.31. The van der Waals surface area contributed by atoms with Crippen molar-refractivity contribution in [3.8, 4) is 5.75 Å². The molecule has 0 N–H and O–H groups in total. The summed E-state index contributed by atoms with van der Waals surface area (Å²) in [5.41, 5.74) is 0.790. The standard InChI is InChI=1S/C16H17F3N4O3S/c1-12-2-7-15(21-20-12)22-8-10-23(11-9-22)27(24,25)14-5-3-13(4-6-14)26-16(17,18)19/h2-7H,8-11H2,1H3. The minimum absolute atomic E-state index is 0.0828. The zero-order valence-corrected chi connectivity index (χ0v) is 15.2. The number of benzene rings is 1. The minimum Gasteiger partial charge on any atom is -0.406 e. The monoisotopic (exact) mass is 402 g/mol. The maximum Gasteiger partial charge on any atom is 0.573 e. The second-order valence-electron chi connectivity index (χ2n) is 5.94. The largest absolute Gasteiger partial charge is 0.573 e. The van der Waals surface area contributed by atoms with E-state index in [1.54, 1.807) is 0 Å². The van der Waals surface area contributed by atoms with Gasteiger partial charge in [-0.15, -0.1) is 18.3 Å². The fraction of sp³-hybridized carbons (Fsp3) is 0.375. The minimum atomic E-state index is -4.82. The molecule has 0 amide bonds. The lowest BCUT2D eigenvalue weighted by atomic mass is 10.3. The van der Waals surface area contributed by atoms with Gasteiger partial charge in [-0.2, -0.15) is 9.40 Å². The molecule has 1 saturated heterocycles. The van der Waals surface area contributed by atoms with Crippen molar-refractivity contribution in [1.82, 2.24) is 14.5 Å². The molecular weight excluding hydrogens is 385 g/mol. The lowest BCUT2D eigenvalue weighted by Crippen LogP contribution is -2.49. The molecular formula is C16H17F3N4O3S. The number of aromatic nitrogens is 2. The molecule has 1 aliphatic rings. The summed E-state index contributed by atoms with van der Waals surface area (Å²) in [5.74, 6) is 0.204. The third-order valence-electron chi connectivity index (χ3n) is 4.04. The van der Waals surface area contributed by atoms with Gasteiger partial charge in [-0.25, -0.2) is 8.42 Å². The van der Waals surface area contributed by atoms with Gasteiger partial charge in [0.15, 0.2) is 5.82 Å². The highest BCUT2D eigenvalue weighted by molar-refractivity contribution is 7.89. The molecule has 1 aliphatic heterocycles. The first kappa shape index (κ1) is 19.4. The number of halogens is 3. The van der Waals surface area contributed by atoms with Gasteiger partial charge in [0.05, 0.1) is 10.6 Å². The molecule has 1 aromatic heterocycles. The van der Waals surface area contributed by atoms with E-state index in [1.807, 2.05) is 24.0 Å². The summed E-state index contributed by atoms with van der Waals surface area (Å²) in [4.78, 5) is 1.85. The molecule has 0 unspecified atom stereocenters. The highest BCUT2D eigenvalue weighted by Crippen LogP contribution is 2.25. The fourth-order valence-electron chi connectivity index (χ4n) is 2.68. The van der Waals surface area contributed by atoms with E-state index < -0.39 is 22.1 Å². The van der Waals surface area contributed by atoms with Gasteiger partial charge >= 0.3 is 6.36 Å². The molecule has 0 saturated carbocycles. The van der Waals surface area contributed by atoms with Gasteiger partial charge in [-0.3, -0.25) is 0 Å². The average molecular weight is 402 g/mol. The van der Waals surface area contributed by atoms with E-state index >= 15 is 0 Å². The predicted octanol–water partition coefficient (Wildman–Crippen LogP) is 2.19. The number of ether oxygens (including phenoxy) is 1. The molecule has 146 valence electrons. The van der Waals surface area contributed by atoms with Crippen LogP contribution in [0.4, 0.5) is 19.0 Å². The molecule has 3 rings (SSSR count). The zero-order valence-electron chi connectivity index (χ0n) is 14.3. The van der Waals surface area contributed by atoms with Crippen LogP contribution in [0.25, 0.3) is 0 Å². The number of hydrogen-bond acceptors (Lipinski definition) is 6. The van der Waals surface area contributed by atoms with Crippen molar-refractivity contribution in [2.24, 2.45) is 0 Å². The van der Waals surface area contributed by atoms with Crippen LogP contribution in [-0.2, 0) is 10.0 Å². The first-order valence-electron chi connectivity index (χ1n) is 8.06. The van der Waals surface area contributed by atoms with Crippen molar-refractivity contribution < 1.29 is 26.3 Å². The third kappa shape index (κ3) is 4.66. The molecule has 2 aromatic rings. The van der Waals surface area contributed by atoms with Crippen molar-refractivity contribution in [3.05, 3.63) is 42.1 Å². The van der Waals surface area contributed by atoms with Crippen LogP contribution < -0.4 is 9.64 Å². The molecule has 0 spiro atoms. The summed E-state index contributed by atoms with van der Waals surface area (Å²) in [6.45, 7) is 3.17. The molecule has 27 heavy (non-hydrogen) atoms. The lowest BCUT2D eigenvalue weighted by molar-refractivity contribution is -0.274. The van der Waals surface area contributed by atoms with E-state index in [-0.39, 0.29) is 18.0 Å². The Morgan fingerprint density at radius 3 is 2.11 bits per heavy atom. The number of rotatable bonds is 4. The van der Waals surface area contributed by atoms with Crippen LogP contribution in [-0.4, -0.2) is 55.5 Å². The van der Waals surface area contributed by atoms with Crippen LogP contribution >= 0.6 is 0 Å². The van der Waals surface area contributed by atoms with Gasteiger partial charge in [-0.1, -0.05) is 0 Å². The van der Waals surface area contributed by atoms with Crippen LogP contribution in [0.15, 0.2) is 41.3 Å². The molecule has 7 nitrogen and oxygen atoms in total. The van der Waals surface area contributed by atoms with Gasteiger partial charge in [0.25, 0.3) is 0 Å². The Morgan fingerprint density at radius 1 is 0.963 bits per heavy atom. The topological polar surface area (TPSA) is 75.6 Å². The van der Waals surface area contributed by atoms with Gasteiger partial charge in [0.2, 0.25) is 10.0 Å². The van der Waals surface area contributed by atoms with Crippen LogP contribution in [0.3, 0.4) is 0 Å². The van der Waals surface area contributed by atoms with Gasteiger partial charge < -0.3 is 9.64 Å². The number of anilines is 1. The maximum absolute atomic E-state index is 12.7.